The van der Waals surface area contributed by atoms with Gasteiger partial charge in [0.15, 0.2) is 5.82 Å². The number of carbonyl (C=O) groups excluding carboxylic acids is 1. The van der Waals surface area contributed by atoms with Crippen molar-refractivity contribution < 1.29 is 37.1 Å². The summed E-state index contributed by atoms with van der Waals surface area (Å²) < 4.78 is 42.7. The molecule has 1 amide bonds. The van der Waals surface area contributed by atoms with Gasteiger partial charge >= 0.3 is 12.1 Å². The van der Waals surface area contributed by atoms with Crippen molar-refractivity contribution in [2.45, 2.75) is 18.5 Å². The van der Waals surface area contributed by atoms with Gasteiger partial charge in [-0.1, -0.05) is 5.16 Å². The number of nitrogens with zero attached hydrogens (tertiary/aromatic N) is 4. The standard InChI is InChI=1S/C13H20N4O3.C2HF3O2/c1-9-14-12(20-15-9)13-7-17(11(18)5-16(2)3)4-10(13)6-19-8-13;3-2(4,5)1(6)7/h10H,4-8H2,1-3H3;(H,6,7)/t10-,13-;/m1./s1. The van der Waals surface area contributed by atoms with Crippen molar-refractivity contribution in [2.24, 2.45) is 5.92 Å². The van der Waals surface area contributed by atoms with E-state index >= 15 is 0 Å². The monoisotopic (exact) mass is 394 g/mol. The molecule has 152 valence electrons. The van der Waals surface area contributed by atoms with Gasteiger partial charge in [-0.25, -0.2) is 4.79 Å². The van der Waals surface area contributed by atoms with E-state index in [1.54, 1.807) is 6.92 Å². The minimum absolute atomic E-state index is 0.139. The first-order chi connectivity index (χ1) is 12.5. The molecule has 0 aliphatic carbocycles. The van der Waals surface area contributed by atoms with Crippen molar-refractivity contribution in [3.63, 3.8) is 0 Å². The van der Waals surface area contributed by atoms with Gasteiger partial charge in [0.05, 0.1) is 25.2 Å². The minimum Gasteiger partial charge on any atom is -0.475 e. The fourth-order valence-corrected chi connectivity index (χ4v) is 3.10. The summed E-state index contributed by atoms with van der Waals surface area (Å²) in [5.41, 5.74) is -0.316. The SMILES string of the molecule is Cc1noc([C@]23COC[C@H]2CN(C(=O)CN(C)C)C3)n1.O=C(O)C(F)(F)F. The molecular formula is C15H21F3N4O5. The van der Waals surface area contributed by atoms with Crippen LogP contribution in [0.2, 0.25) is 0 Å². The molecule has 27 heavy (non-hydrogen) atoms. The third-order valence-corrected chi connectivity index (χ3v) is 4.37. The summed E-state index contributed by atoms with van der Waals surface area (Å²) in [4.78, 5) is 29.3. The van der Waals surface area contributed by atoms with Gasteiger partial charge < -0.3 is 24.2 Å². The highest BCUT2D eigenvalue weighted by Crippen LogP contribution is 2.43. The maximum atomic E-state index is 12.2. The van der Waals surface area contributed by atoms with Crippen LogP contribution in [0.4, 0.5) is 13.2 Å². The molecule has 1 N–H and O–H groups in total. The topological polar surface area (TPSA) is 109 Å². The number of aryl methyl sites for hydroxylation is 1. The van der Waals surface area contributed by atoms with E-state index in [1.807, 2.05) is 23.9 Å². The molecule has 3 heterocycles. The quantitative estimate of drug-likeness (QED) is 0.780. The molecule has 0 spiro atoms. The van der Waals surface area contributed by atoms with Crippen LogP contribution >= 0.6 is 0 Å². The number of ether oxygens (including phenoxy) is 1. The van der Waals surface area contributed by atoms with E-state index in [0.29, 0.717) is 44.6 Å². The lowest BCUT2D eigenvalue weighted by Gasteiger charge is -2.23. The van der Waals surface area contributed by atoms with Gasteiger partial charge in [-0.2, -0.15) is 18.2 Å². The Morgan fingerprint density at radius 3 is 2.52 bits per heavy atom. The van der Waals surface area contributed by atoms with Crippen LogP contribution in [0.15, 0.2) is 4.52 Å². The van der Waals surface area contributed by atoms with E-state index in [2.05, 4.69) is 10.1 Å². The molecule has 2 aliphatic heterocycles. The fourth-order valence-electron chi connectivity index (χ4n) is 3.10. The molecule has 2 saturated heterocycles. The Morgan fingerprint density at radius 2 is 2.04 bits per heavy atom. The Morgan fingerprint density at radius 1 is 1.41 bits per heavy atom. The number of aliphatic carboxylic acids is 1. The van der Waals surface area contributed by atoms with E-state index in [4.69, 9.17) is 19.2 Å². The zero-order chi connectivity index (χ0) is 20.4. The molecular weight excluding hydrogens is 373 g/mol. The molecule has 9 nitrogen and oxygen atoms in total. The van der Waals surface area contributed by atoms with Gasteiger partial charge in [-0.3, -0.25) is 4.79 Å². The number of rotatable bonds is 3. The molecule has 1 aromatic rings. The molecule has 2 atom stereocenters. The first kappa shape index (κ1) is 21.1. The maximum absolute atomic E-state index is 12.2. The van der Waals surface area contributed by atoms with E-state index in [-0.39, 0.29) is 17.2 Å². The maximum Gasteiger partial charge on any atom is 0.490 e. The summed E-state index contributed by atoms with van der Waals surface area (Å²) in [6, 6.07) is 0. The summed E-state index contributed by atoms with van der Waals surface area (Å²) >= 11 is 0. The van der Waals surface area contributed by atoms with Crippen molar-refractivity contribution in [1.82, 2.24) is 19.9 Å². The highest BCUT2D eigenvalue weighted by molar-refractivity contribution is 5.78. The normalized spacial score (nSPS) is 24.6. The molecule has 3 rings (SSSR count). The van der Waals surface area contributed by atoms with Crippen LogP contribution < -0.4 is 0 Å². The number of likely N-dealkylation sites (N-methyl/N-ethyl adjacent to an activating group) is 1. The summed E-state index contributed by atoms with van der Waals surface area (Å²) in [6.45, 7) is 4.73. The highest BCUT2D eigenvalue weighted by atomic mass is 19.4. The van der Waals surface area contributed by atoms with Gasteiger partial charge in [-0.15, -0.1) is 0 Å². The van der Waals surface area contributed by atoms with Gasteiger partial charge in [-0.05, 0) is 21.0 Å². The van der Waals surface area contributed by atoms with Gasteiger partial charge in [0.2, 0.25) is 11.8 Å². The number of aromatic nitrogens is 2. The molecule has 1 aromatic heterocycles. The smallest absolute Gasteiger partial charge is 0.475 e. The lowest BCUT2D eigenvalue weighted by atomic mass is 9.81. The Bertz CT molecular complexity index is 693. The second kappa shape index (κ2) is 7.80. The van der Waals surface area contributed by atoms with Crippen LogP contribution in [0.25, 0.3) is 0 Å². The average molecular weight is 394 g/mol. The molecule has 2 fully saturated rings. The Hall–Kier alpha value is -2.21. The number of carbonyl (C=O) groups is 2. The first-order valence-corrected chi connectivity index (χ1v) is 8.07. The molecule has 0 unspecified atom stereocenters. The lowest BCUT2D eigenvalue weighted by Crippen LogP contribution is -2.40. The number of fused-ring (bicyclic) bond motifs is 1. The highest BCUT2D eigenvalue weighted by Gasteiger charge is 2.56. The van der Waals surface area contributed by atoms with Crippen LogP contribution in [0.3, 0.4) is 0 Å². The molecule has 0 aromatic carbocycles. The number of hydrogen-bond donors (Lipinski definition) is 1. The third kappa shape index (κ3) is 4.75. The van der Waals surface area contributed by atoms with Crippen molar-refractivity contribution in [1.29, 1.82) is 0 Å². The predicted molar refractivity (Wildman–Crippen MR) is 83.8 cm³/mol. The number of carboxylic acids is 1. The molecule has 0 bridgehead atoms. The van der Waals surface area contributed by atoms with Crippen LogP contribution in [-0.2, 0) is 19.7 Å². The average Bonchev–Trinajstić information content (AvgIpc) is 3.19. The molecule has 12 heteroatoms. The van der Waals surface area contributed by atoms with Gasteiger partial charge in [0, 0.05) is 19.0 Å². The van der Waals surface area contributed by atoms with Crippen LogP contribution in [-0.4, -0.2) is 90.0 Å². The zero-order valence-corrected chi connectivity index (χ0v) is 15.1. The summed E-state index contributed by atoms with van der Waals surface area (Å²) in [6.07, 6.45) is -5.08. The number of amides is 1. The second-order valence-corrected chi connectivity index (χ2v) is 6.83. The van der Waals surface area contributed by atoms with Crippen molar-refractivity contribution in [2.75, 3.05) is 46.9 Å². The second-order valence-electron chi connectivity index (χ2n) is 6.83. The first-order valence-electron chi connectivity index (χ1n) is 8.07. The van der Waals surface area contributed by atoms with E-state index in [9.17, 15) is 18.0 Å². The summed E-state index contributed by atoms with van der Waals surface area (Å²) in [5, 5.41) is 11.0. The Labute approximate surface area is 153 Å². The number of halogens is 3. The lowest BCUT2D eigenvalue weighted by molar-refractivity contribution is -0.192. The Kier molecular flexibility index (Phi) is 6.10. The number of likely N-dealkylation sites (tertiary alicyclic amines) is 1. The number of hydrogen-bond acceptors (Lipinski definition) is 7. The third-order valence-electron chi connectivity index (χ3n) is 4.37. The fraction of sp³-hybridized carbons (Fsp3) is 0.733. The largest absolute Gasteiger partial charge is 0.490 e. The molecule has 0 saturated carbocycles. The van der Waals surface area contributed by atoms with E-state index in [1.165, 1.54) is 0 Å². The number of carboxylic acid groups (broad SMARTS) is 1. The minimum atomic E-state index is -5.08. The predicted octanol–water partition coefficient (Wildman–Crippen LogP) is 0.299. The van der Waals surface area contributed by atoms with E-state index in [0.717, 1.165) is 0 Å². The van der Waals surface area contributed by atoms with E-state index < -0.39 is 12.1 Å². The van der Waals surface area contributed by atoms with Crippen LogP contribution in [0.1, 0.15) is 11.7 Å². The Balaban J connectivity index is 0.000000321. The number of alkyl halides is 3. The summed E-state index contributed by atoms with van der Waals surface area (Å²) in [5.74, 6) is -1.14. The van der Waals surface area contributed by atoms with Crippen LogP contribution in [0, 0.1) is 12.8 Å². The van der Waals surface area contributed by atoms with Crippen molar-refractivity contribution >= 4 is 11.9 Å². The summed E-state index contributed by atoms with van der Waals surface area (Å²) in [7, 11) is 3.80. The van der Waals surface area contributed by atoms with Crippen LogP contribution in [0.5, 0.6) is 0 Å². The van der Waals surface area contributed by atoms with Gasteiger partial charge in [0.25, 0.3) is 0 Å². The molecule has 2 aliphatic rings. The molecule has 0 radical (unpaired) electrons. The van der Waals surface area contributed by atoms with Crippen molar-refractivity contribution in [3.8, 4) is 0 Å². The van der Waals surface area contributed by atoms with Gasteiger partial charge in [0.1, 0.15) is 0 Å². The zero-order valence-electron chi connectivity index (χ0n) is 15.1. The van der Waals surface area contributed by atoms with Crippen molar-refractivity contribution in [3.05, 3.63) is 11.7 Å².